The Morgan fingerprint density at radius 3 is 2.82 bits per heavy atom. The third-order valence-corrected chi connectivity index (χ3v) is 6.73. The molecule has 12 heteroatoms. The van der Waals surface area contributed by atoms with Gasteiger partial charge in [0.05, 0.1) is 22.1 Å². The Morgan fingerprint density at radius 2 is 2.09 bits per heavy atom. The number of aromatic nitrogens is 2. The van der Waals surface area contributed by atoms with Crippen LogP contribution in [0.15, 0.2) is 30.5 Å². The van der Waals surface area contributed by atoms with Crippen LogP contribution in [-0.2, 0) is 24.3 Å². The van der Waals surface area contributed by atoms with Gasteiger partial charge in [-0.15, -0.1) is 11.3 Å². The van der Waals surface area contributed by atoms with Gasteiger partial charge in [-0.2, -0.15) is 5.10 Å². The number of nitro groups is 1. The molecule has 0 saturated carbocycles. The maximum atomic E-state index is 12.8. The zero-order valence-corrected chi connectivity index (χ0v) is 19.8. The minimum Gasteiger partial charge on any atom is -0.470 e. The van der Waals surface area contributed by atoms with E-state index >= 15 is 0 Å². The molecule has 0 unspecified atom stereocenters. The first-order valence-corrected chi connectivity index (χ1v) is 11.8. The molecule has 0 bridgehead atoms. The van der Waals surface area contributed by atoms with E-state index in [4.69, 9.17) is 21.1 Å². The molecule has 0 spiro atoms. The Kier molecular flexibility index (Phi) is 7.13. The topological polar surface area (TPSA) is 126 Å². The fourth-order valence-electron chi connectivity index (χ4n) is 3.65. The number of hydrogen-bond donors (Lipinski definition) is 1. The number of hydrogen-bond acceptors (Lipinski definition) is 8. The lowest BCUT2D eigenvalue weighted by atomic mass is 9.95. The first-order chi connectivity index (χ1) is 16.4. The zero-order valence-electron chi connectivity index (χ0n) is 18.2. The van der Waals surface area contributed by atoms with E-state index in [1.54, 1.807) is 13.1 Å². The molecule has 3 aromatic rings. The smallest absolute Gasteiger partial charge is 0.341 e. The number of anilines is 1. The van der Waals surface area contributed by atoms with E-state index in [0.717, 1.165) is 36.1 Å². The molecule has 0 atom stereocenters. The molecule has 178 valence electrons. The van der Waals surface area contributed by atoms with Gasteiger partial charge in [0.2, 0.25) is 0 Å². The summed E-state index contributed by atoms with van der Waals surface area (Å²) in [5.74, 6) is -0.649. The van der Waals surface area contributed by atoms with E-state index < -0.39 is 16.8 Å². The number of nitro benzene ring substituents is 1. The summed E-state index contributed by atoms with van der Waals surface area (Å²) >= 11 is 7.44. The van der Waals surface area contributed by atoms with Crippen LogP contribution in [0.2, 0.25) is 5.02 Å². The van der Waals surface area contributed by atoms with E-state index in [1.165, 1.54) is 40.3 Å². The minimum atomic E-state index is -0.550. The monoisotopic (exact) mass is 504 g/mol. The molecule has 1 aliphatic carbocycles. The molecule has 0 fully saturated rings. The van der Waals surface area contributed by atoms with Crippen molar-refractivity contribution in [1.29, 1.82) is 0 Å². The van der Waals surface area contributed by atoms with Crippen molar-refractivity contribution >= 4 is 45.5 Å². The lowest BCUT2D eigenvalue weighted by molar-refractivity contribution is -0.384. The number of carbonyl (C=O) groups excluding carboxylic acids is 2. The van der Waals surface area contributed by atoms with Crippen LogP contribution in [-0.4, -0.2) is 33.2 Å². The molecule has 0 radical (unpaired) electrons. The van der Waals surface area contributed by atoms with Crippen LogP contribution in [0.25, 0.3) is 0 Å². The average Bonchev–Trinajstić information content (AvgIpc) is 3.42. The van der Waals surface area contributed by atoms with Crippen molar-refractivity contribution in [2.45, 2.75) is 39.3 Å². The van der Waals surface area contributed by atoms with E-state index in [9.17, 15) is 19.7 Å². The van der Waals surface area contributed by atoms with Gasteiger partial charge >= 0.3 is 5.97 Å². The van der Waals surface area contributed by atoms with Gasteiger partial charge in [0.25, 0.3) is 11.6 Å². The van der Waals surface area contributed by atoms with E-state index in [2.05, 4.69) is 10.4 Å². The van der Waals surface area contributed by atoms with Gasteiger partial charge in [-0.3, -0.25) is 14.9 Å². The predicted molar refractivity (Wildman–Crippen MR) is 126 cm³/mol. The number of ether oxygens (including phenoxy) is 2. The summed E-state index contributed by atoms with van der Waals surface area (Å²) < 4.78 is 12.2. The summed E-state index contributed by atoms with van der Waals surface area (Å²) in [6.45, 7) is 1.93. The molecule has 2 aromatic heterocycles. The third kappa shape index (κ3) is 5.05. The van der Waals surface area contributed by atoms with E-state index in [1.807, 2.05) is 0 Å². The molecule has 1 amide bonds. The van der Waals surface area contributed by atoms with Crippen molar-refractivity contribution in [1.82, 2.24) is 9.78 Å². The highest BCUT2D eigenvalue weighted by atomic mass is 35.5. The molecule has 0 saturated heterocycles. The van der Waals surface area contributed by atoms with Crippen LogP contribution in [0.3, 0.4) is 0 Å². The summed E-state index contributed by atoms with van der Waals surface area (Å²) in [7, 11) is 0. The highest BCUT2D eigenvalue weighted by molar-refractivity contribution is 7.17. The number of non-ortho nitro benzene ring substituents is 1. The van der Waals surface area contributed by atoms with Crippen LogP contribution in [0, 0.1) is 10.1 Å². The molecule has 2 heterocycles. The van der Waals surface area contributed by atoms with Crippen LogP contribution in [0.5, 0.6) is 5.75 Å². The van der Waals surface area contributed by atoms with E-state index in [-0.39, 0.29) is 35.5 Å². The number of fused-ring (bicyclic) bond motifs is 1. The lowest BCUT2D eigenvalue weighted by Crippen LogP contribution is -2.17. The Bertz CT molecular complexity index is 1250. The summed E-state index contributed by atoms with van der Waals surface area (Å²) in [5, 5.41) is 18.4. The Labute approximate surface area is 203 Å². The molecule has 10 nitrogen and oxygen atoms in total. The summed E-state index contributed by atoms with van der Waals surface area (Å²) in [6.07, 6.45) is 5.26. The number of aryl methyl sites for hydroxylation is 1. The minimum absolute atomic E-state index is 0.0633. The quantitative estimate of drug-likeness (QED) is 0.264. The van der Waals surface area contributed by atoms with Crippen molar-refractivity contribution in [3.63, 3.8) is 0 Å². The van der Waals surface area contributed by atoms with Crippen molar-refractivity contribution < 1.29 is 24.0 Å². The molecule has 1 aliphatic rings. The normalized spacial score (nSPS) is 12.6. The SMILES string of the molecule is CCOC(=O)c1c(NC(=O)c2ccn(COc3ccc([N+](=O)[O-])cc3Cl)n2)sc2c1CCCC2. The number of carbonyl (C=O) groups is 2. The summed E-state index contributed by atoms with van der Waals surface area (Å²) in [6, 6.07) is 5.40. The zero-order chi connectivity index (χ0) is 24.2. The number of thiophene rings is 1. The van der Waals surface area contributed by atoms with Crippen LogP contribution in [0.4, 0.5) is 10.7 Å². The molecular weight excluding hydrogens is 484 g/mol. The van der Waals surface area contributed by atoms with Crippen LogP contribution < -0.4 is 10.1 Å². The van der Waals surface area contributed by atoms with Gasteiger partial charge in [-0.05, 0) is 50.3 Å². The van der Waals surface area contributed by atoms with Gasteiger partial charge in [0, 0.05) is 23.2 Å². The Balaban J connectivity index is 1.45. The second kappa shape index (κ2) is 10.2. The molecular formula is C22H21ClN4O6S. The van der Waals surface area contributed by atoms with Crippen molar-refractivity contribution in [2.75, 3.05) is 11.9 Å². The van der Waals surface area contributed by atoms with Gasteiger partial charge in [0.1, 0.15) is 10.8 Å². The van der Waals surface area contributed by atoms with Crippen molar-refractivity contribution in [3.8, 4) is 5.75 Å². The standard InChI is InChI=1S/C22H21ClN4O6S/c1-2-32-22(29)19-14-5-3-4-6-18(14)34-21(19)24-20(28)16-9-10-26(25-16)12-33-17-8-7-13(27(30)31)11-15(17)23/h7-11H,2-6,12H2,1H3,(H,24,28). The fraction of sp³-hybridized carbons (Fsp3) is 0.318. The van der Waals surface area contributed by atoms with Crippen LogP contribution in [0.1, 0.15) is 51.1 Å². The molecule has 34 heavy (non-hydrogen) atoms. The number of nitrogens with one attached hydrogen (secondary N) is 1. The van der Waals surface area contributed by atoms with Gasteiger partial charge in [-0.25, -0.2) is 9.48 Å². The highest BCUT2D eigenvalue weighted by Gasteiger charge is 2.27. The number of esters is 1. The maximum Gasteiger partial charge on any atom is 0.341 e. The van der Waals surface area contributed by atoms with Gasteiger partial charge < -0.3 is 14.8 Å². The Hall–Kier alpha value is -3.44. The summed E-state index contributed by atoms with van der Waals surface area (Å²) in [5.41, 5.74) is 1.39. The van der Waals surface area contributed by atoms with Gasteiger partial charge in [-0.1, -0.05) is 11.6 Å². The fourth-order valence-corrected chi connectivity index (χ4v) is 5.15. The summed E-state index contributed by atoms with van der Waals surface area (Å²) in [4.78, 5) is 36.8. The number of nitrogens with zero attached hydrogens (tertiary/aromatic N) is 3. The second-order valence-corrected chi connectivity index (χ2v) is 8.99. The number of rotatable bonds is 8. The predicted octanol–water partition coefficient (Wildman–Crippen LogP) is 4.85. The van der Waals surface area contributed by atoms with Crippen molar-refractivity contribution in [2.24, 2.45) is 0 Å². The van der Waals surface area contributed by atoms with Crippen LogP contribution >= 0.6 is 22.9 Å². The van der Waals surface area contributed by atoms with Crippen molar-refractivity contribution in [3.05, 3.63) is 67.3 Å². The molecule has 1 N–H and O–H groups in total. The van der Waals surface area contributed by atoms with E-state index in [0.29, 0.717) is 10.6 Å². The number of amides is 1. The highest BCUT2D eigenvalue weighted by Crippen LogP contribution is 2.38. The maximum absolute atomic E-state index is 12.8. The first-order valence-electron chi connectivity index (χ1n) is 10.6. The molecule has 1 aromatic carbocycles. The molecule has 0 aliphatic heterocycles. The second-order valence-electron chi connectivity index (χ2n) is 7.48. The number of halogens is 1. The largest absolute Gasteiger partial charge is 0.470 e. The first kappa shape index (κ1) is 23.7. The Morgan fingerprint density at radius 1 is 1.29 bits per heavy atom. The van der Waals surface area contributed by atoms with Gasteiger partial charge in [0.15, 0.2) is 12.4 Å². The third-order valence-electron chi connectivity index (χ3n) is 5.23. The number of benzene rings is 1. The average molecular weight is 505 g/mol. The molecule has 4 rings (SSSR count). The lowest BCUT2D eigenvalue weighted by Gasteiger charge is -2.12.